The van der Waals surface area contributed by atoms with E-state index in [1.807, 2.05) is 53.4 Å². The van der Waals surface area contributed by atoms with Crippen LogP contribution in [0.1, 0.15) is 30.1 Å². The number of aromatic nitrogens is 1. The van der Waals surface area contributed by atoms with Gasteiger partial charge in [-0.15, -0.1) is 0 Å². The number of pyridine rings is 1. The van der Waals surface area contributed by atoms with Gasteiger partial charge in [-0.3, -0.25) is 14.7 Å². The van der Waals surface area contributed by atoms with Crippen LogP contribution in [-0.4, -0.2) is 40.7 Å². The third-order valence-corrected chi connectivity index (χ3v) is 5.53. The molecule has 1 aliphatic rings. The first-order chi connectivity index (χ1) is 13.6. The molecule has 6 heteroatoms. The van der Waals surface area contributed by atoms with Crippen molar-refractivity contribution < 1.29 is 14.6 Å². The molecule has 5 nitrogen and oxygen atoms in total. The number of aliphatic carboxylic acids is 1. The Balaban J connectivity index is 1.90. The molecule has 4 rings (SSSR count). The van der Waals surface area contributed by atoms with Crippen LogP contribution in [0.2, 0.25) is 5.02 Å². The summed E-state index contributed by atoms with van der Waals surface area (Å²) in [5, 5.41) is 11.4. The van der Waals surface area contributed by atoms with E-state index in [0.29, 0.717) is 23.7 Å². The van der Waals surface area contributed by atoms with E-state index in [0.717, 1.165) is 28.6 Å². The molecular weight excluding hydrogens is 376 g/mol. The highest BCUT2D eigenvalue weighted by atomic mass is 35.5. The second kappa shape index (κ2) is 7.78. The fourth-order valence-corrected chi connectivity index (χ4v) is 4.20. The number of methoxy groups -OCH3 is 1. The van der Waals surface area contributed by atoms with Gasteiger partial charge in [-0.05, 0) is 43.2 Å². The number of carbonyl (C=O) groups is 1. The van der Waals surface area contributed by atoms with Gasteiger partial charge in [-0.1, -0.05) is 35.9 Å². The predicted octanol–water partition coefficient (Wildman–Crippen LogP) is 4.54. The first-order valence-electron chi connectivity index (χ1n) is 9.26. The lowest BCUT2D eigenvalue weighted by Crippen LogP contribution is -2.39. The summed E-state index contributed by atoms with van der Waals surface area (Å²) in [5.41, 5.74) is 2.48. The molecule has 2 heterocycles. The summed E-state index contributed by atoms with van der Waals surface area (Å²) in [6.07, 6.45) is 1.44. The number of benzene rings is 2. The van der Waals surface area contributed by atoms with Gasteiger partial charge in [0.1, 0.15) is 11.8 Å². The maximum absolute atomic E-state index is 11.9. The van der Waals surface area contributed by atoms with Gasteiger partial charge >= 0.3 is 5.97 Å². The minimum absolute atomic E-state index is 0.359. The van der Waals surface area contributed by atoms with E-state index in [4.69, 9.17) is 21.3 Å². The molecule has 0 radical (unpaired) electrons. The Morgan fingerprint density at radius 3 is 2.86 bits per heavy atom. The molecule has 1 saturated heterocycles. The molecule has 1 N–H and O–H groups in total. The lowest BCUT2D eigenvalue weighted by atomic mass is 9.98. The zero-order valence-corrected chi connectivity index (χ0v) is 16.3. The van der Waals surface area contributed by atoms with Crippen molar-refractivity contribution in [2.24, 2.45) is 0 Å². The van der Waals surface area contributed by atoms with Crippen molar-refractivity contribution in [3.05, 3.63) is 70.9 Å². The van der Waals surface area contributed by atoms with Crippen LogP contribution in [0, 0.1) is 0 Å². The molecule has 1 aliphatic heterocycles. The Labute approximate surface area is 168 Å². The first kappa shape index (κ1) is 18.7. The highest BCUT2D eigenvalue weighted by Gasteiger charge is 2.38. The summed E-state index contributed by atoms with van der Waals surface area (Å²) in [6.45, 7) is 0.672. The topological polar surface area (TPSA) is 62.7 Å². The zero-order chi connectivity index (χ0) is 19.7. The van der Waals surface area contributed by atoms with E-state index in [1.165, 1.54) is 0 Å². The number of fused-ring (bicyclic) bond motifs is 1. The maximum Gasteiger partial charge on any atom is 0.320 e. The van der Waals surface area contributed by atoms with E-state index < -0.39 is 12.0 Å². The fourth-order valence-electron chi connectivity index (χ4n) is 4.02. The Hall–Kier alpha value is -2.63. The van der Waals surface area contributed by atoms with Gasteiger partial charge < -0.3 is 9.84 Å². The summed E-state index contributed by atoms with van der Waals surface area (Å²) < 4.78 is 5.59. The molecule has 0 bridgehead atoms. The van der Waals surface area contributed by atoms with Gasteiger partial charge in [0.2, 0.25) is 0 Å². The number of nitrogens with zero attached hydrogens (tertiary/aromatic N) is 2. The van der Waals surface area contributed by atoms with Crippen molar-refractivity contribution in [1.82, 2.24) is 9.88 Å². The van der Waals surface area contributed by atoms with Crippen molar-refractivity contribution in [3.8, 4) is 5.75 Å². The summed E-state index contributed by atoms with van der Waals surface area (Å²) >= 11 is 6.30. The highest BCUT2D eigenvalue weighted by molar-refractivity contribution is 6.30. The third-order valence-electron chi connectivity index (χ3n) is 5.30. The summed E-state index contributed by atoms with van der Waals surface area (Å²) in [6, 6.07) is 16.4. The number of halogens is 1. The monoisotopic (exact) mass is 396 g/mol. The number of para-hydroxylation sites is 1. The molecule has 28 heavy (non-hydrogen) atoms. The molecule has 2 atom stereocenters. The lowest BCUT2D eigenvalue weighted by molar-refractivity contribution is -0.142. The summed E-state index contributed by atoms with van der Waals surface area (Å²) in [4.78, 5) is 18.7. The SMILES string of the molecule is COc1ccc(Cl)cc1C(c1ccc2ccccc2n1)N1CCCC1C(=O)O. The quantitative estimate of drug-likeness (QED) is 0.686. The van der Waals surface area contributed by atoms with Gasteiger partial charge in [0.15, 0.2) is 0 Å². The van der Waals surface area contributed by atoms with Crippen LogP contribution in [0.15, 0.2) is 54.6 Å². The number of carboxylic acid groups (broad SMARTS) is 1. The number of rotatable bonds is 5. The van der Waals surface area contributed by atoms with Gasteiger partial charge in [-0.25, -0.2) is 0 Å². The van der Waals surface area contributed by atoms with E-state index in [1.54, 1.807) is 13.2 Å². The number of ether oxygens (including phenoxy) is 1. The van der Waals surface area contributed by atoms with E-state index in [2.05, 4.69) is 0 Å². The van der Waals surface area contributed by atoms with Gasteiger partial charge in [0, 0.05) is 22.5 Å². The van der Waals surface area contributed by atoms with Crippen LogP contribution < -0.4 is 4.74 Å². The van der Waals surface area contributed by atoms with Crippen LogP contribution in [0.5, 0.6) is 5.75 Å². The van der Waals surface area contributed by atoms with Crippen molar-refractivity contribution in [3.63, 3.8) is 0 Å². The molecule has 1 fully saturated rings. The Bertz CT molecular complexity index is 1020. The van der Waals surface area contributed by atoms with Crippen molar-refractivity contribution in [2.45, 2.75) is 24.9 Å². The molecule has 0 spiro atoms. The molecule has 144 valence electrons. The van der Waals surface area contributed by atoms with Crippen LogP contribution in [0.4, 0.5) is 0 Å². The Morgan fingerprint density at radius 2 is 2.07 bits per heavy atom. The molecule has 0 amide bonds. The number of carboxylic acids is 1. The summed E-state index contributed by atoms with van der Waals surface area (Å²) in [5.74, 6) is -0.148. The van der Waals surface area contributed by atoms with E-state index in [9.17, 15) is 9.90 Å². The van der Waals surface area contributed by atoms with Gasteiger partial charge in [0.25, 0.3) is 0 Å². The minimum Gasteiger partial charge on any atom is -0.496 e. The van der Waals surface area contributed by atoms with Gasteiger partial charge in [-0.2, -0.15) is 0 Å². The fraction of sp³-hybridized carbons (Fsp3) is 0.273. The smallest absolute Gasteiger partial charge is 0.320 e. The van der Waals surface area contributed by atoms with Gasteiger partial charge in [0.05, 0.1) is 24.4 Å². The van der Waals surface area contributed by atoms with Crippen LogP contribution in [0.3, 0.4) is 0 Å². The Kier molecular flexibility index (Phi) is 5.20. The molecule has 2 unspecified atom stereocenters. The average molecular weight is 397 g/mol. The lowest BCUT2D eigenvalue weighted by Gasteiger charge is -2.32. The number of hydrogen-bond acceptors (Lipinski definition) is 4. The molecule has 0 aliphatic carbocycles. The third kappa shape index (κ3) is 3.43. The second-order valence-electron chi connectivity index (χ2n) is 6.95. The minimum atomic E-state index is -0.815. The normalized spacial score (nSPS) is 18.3. The molecule has 2 aromatic carbocycles. The predicted molar refractivity (Wildman–Crippen MR) is 109 cm³/mol. The maximum atomic E-state index is 11.9. The molecular formula is C22H21ClN2O3. The molecule has 1 aromatic heterocycles. The van der Waals surface area contributed by atoms with Crippen molar-refractivity contribution in [2.75, 3.05) is 13.7 Å². The Morgan fingerprint density at radius 1 is 1.25 bits per heavy atom. The summed E-state index contributed by atoms with van der Waals surface area (Å²) in [7, 11) is 1.61. The first-order valence-corrected chi connectivity index (χ1v) is 9.64. The van der Waals surface area contributed by atoms with Crippen molar-refractivity contribution in [1.29, 1.82) is 0 Å². The van der Waals surface area contributed by atoms with Crippen molar-refractivity contribution >= 4 is 28.5 Å². The van der Waals surface area contributed by atoms with Crippen LogP contribution in [-0.2, 0) is 4.79 Å². The number of likely N-dealkylation sites (tertiary alicyclic amines) is 1. The molecule has 3 aromatic rings. The number of hydrogen-bond donors (Lipinski definition) is 1. The zero-order valence-electron chi connectivity index (χ0n) is 15.5. The van der Waals surface area contributed by atoms with E-state index in [-0.39, 0.29) is 6.04 Å². The molecule has 0 saturated carbocycles. The van der Waals surface area contributed by atoms with Crippen LogP contribution in [0.25, 0.3) is 10.9 Å². The standard InChI is InChI=1S/C22H21ClN2O3/c1-28-20-11-9-15(23)13-16(20)21(25-12-4-7-19(25)22(26)27)18-10-8-14-5-2-3-6-17(14)24-18/h2-3,5-6,8-11,13,19,21H,4,7,12H2,1H3,(H,26,27). The average Bonchev–Trinajstić information content (AvgIpc) is 3.18. The van der Waals surface area contributed by atoms with E-state index >= 15 is 0 Å². The highest BCUT2D eigenvalue weighted by Crippen LogP contribution is 2.39. The van der Waals surface area contributed by atoms with Crippen LogP contribution >= 0.6 is 11.6 Å². The largest absolute Gasteiger partial charge is 0.496 e. The second-order valence-corrected chi connectivity index (χ2v) is 7.39.